The van der Waals surface area contributed by atoms with Crippen LogP contribution in [-0.2, 0) is 4.79 Å². The third-order valence-electron chi connectivity index (χ3n) is 4.22. The van der Waals surface area contributed by atoms with Crippen molar-refractivity contribution >= 4 is 5.91 Å². The predicted octanol–water partition coefficient (Wildman–Crippen LogP) is -0.100. The maximum atomic E-state index is 12.4. The Morgan fingerprint density at radius 2 is 2.26 bits per heavy atom. The molecule has 2 aliphatic heterocycles. The Hall–Kier alpha value is -0.650. The lowest BCUT2D eigenvalue weighted by molar-refractivity contribution is -0.139. The number of piperidine rings is 1. The van der Waals surface area contributed by atoms with Crippen molar-refractivity contribution in [3.63, 3.8) is 0 Å². The van der Waals surface area contributed by atoms with Gasteiger partial charge in [0.05, 0.1) is 12.0 Å². The minimum Gasteiger partial charge on any atom is -0.392 e. The molecule has 2 heterocycles. The summed E-state index contributed by atoms with van der Waals surface area (Å²) in [6, 6.07) is 0.337. The van der Waals surface area contributed by atoms with Crippen LogP contribution in [-0.4, -0.2) is 72.2 Å². The normalized spacial score (nSPS) is 31.2. The SMILES string of the molecule is CC(O)CN1CCN(C(=O)C2CCCNC2)CC1C. The second kappa shape index (κ2) is 6.68. The molecule has 0 radical (unpaired) electrons. The van der Waals surface area contributed by atoms with E-state index in [9.17, 15) is 9.90 Å². The van der Waals surface area contributed by atoms with Gasteiger partial charge < -0.3 is 15.3 Å². The van der Waals surface area contributed by atoms with E-state index in [0.717, 1.165) is 45.6 Å². The Bertz CT molecular complexity index is 303. The standard InChI is InChI=1S/C14H27N3O2/c1-11-9-17(7-6-16(11)10-12(2)18)14(19)13-4-3-5-15-8-13/h11-13,15,18H,3-10H2,1-2H3. The van der Waals surface area contributed by atoms with E-state index in [2.05, 4.69) is 17.1 Å². The molecule has 0 spiro atoms. The van der Waals surface area contributed by atoms with E-state index in [1.165, 1.54) is 0 Å². The first kappa shape index (κ1) is 14.8. The molecule has 2 fully saturated rings. The van der Waals surface area contributed by atoms with Gasteiger partial charge in [0.2, 0.25) is 5.91 Å². The fourth-order valence-corrected chi connectivity index (χ4v) is 3.13. The van der Waals surface area contributed by atoms with E-state index >= 15 is 0 Å². The first-order chi connectivity index (χ1) is 9.08. The molecule has 19 heavy (non-hydrogen) atoms. The molecule has 0 aliphatic carbocycles. The van der Waals surface area contributed by atoms with Crippen LogP contribution in [0.3, 0.4) is 0 Å². The van der Waals surface area contributed by atoms with Gasteiger partial charge in [-0.05, 0) is 33.2 Å². The summed E-state index contributed by atoms with van der Waals surface area (Å²) in [6.45, 7) is 9.00. The highest BCUT2D eigenvalue weighted by Crippen LogP contribution is 2.17. The molecule has 2 aliphatic rings. The molecular formula is C14H27N3O2. The molecule has 1 amide bonds. The van der Waals surface area contributed by atoms with Crippen molar-refractivity contribution in [3.05, 3.63) is 0 Å². The summed E-state index contributed by atoms with van der Waals surface area (Å²) >= 11 is 0. The smallest absolute Gasteiger partial charge is 0.227 e. The monoisotopic (exact) mass is 269 g/mol. The van der Waals surface area contributed by atoms with Gasteiger partial charge in [-0.1, -0.05) is 0 Å². The number of β-amino-alcohol motifs (C(OH)–C–C–N with tert-alkyl or cyclic N) is 1. The number of nitrogens with zero attached hydrogens (tertiary/aromatic N) is 2. The molecule has 3 unspecified atom stereocenters. The number of aliphatic hydroxyl groups excluding tert-OH is 1. The number of rotatable bonds is 3. The predicted molar refractivity (Wildman–Crippen MR) is 74.9 cm³/mol. The number of carbonyl (C=O) groups excluding carboxylic acids is 1. The van der Waals surface area contributed by atoms with Crippen LogP contribution in [0, 0.1) is 5.92 Å². The van der Waals surface area contributed by atoms with Gasteiger partial charge >= 0.3 is 0 Å². The van der Waals surface area contributed by atoms with Gasteiger partial charge in [-0.15, -0.1) is 0 Å². The molecule has 0 aromatic rings. The zero-order valence-corrected chi connectivity index (χ0v) is 12.1. The van der Waals surface area contributed by atoms with Crippen molar-refractivity contribution in [2.75, 3.05) is 39.3 Å². The lowest BCUT2D eigenvalue weighted by Crippen LogP contribution is -2.56. The fourth-order valence-electron chi connectivity index (χ4n) is 3.13. The lowest BCUT2D eigenvalue weighted by atomic mass is 9.97. The third-order valence-corrected chi connectivity index (χ3v) is 4.22. The molecule has 0 bridgehead atoms. The fraction of sp³-hybridized carbons (Fsp3) is 0.929. The summed E-state index contributed by atoms with van der Waals surface area (Å²) in [4.78, 5) is 16.7. The van der Waals surface area contributed by atoms with Crippen LogP contribution < -0.4 is 5.32 Å². The molecule has 2 N–H and O–H groups in total. The van der Waals surface area contributed by atoms with Crippen molar-refractivity contribution in [2.24, 2.45) is 5.92 Å². The third kappa shape index (κ3) is 3.91. The van der Waals surface area contributed by atoms with E-state index in [1.807, 2.05) is 11.8 Å². The molecule has 3 atom stereocenters. The van der Waals surface area contributed by atoms with Crippen molar-refractivity contribution in [2.45, 2.75) is 38.8 Å². The van der Waals surface area contributed by atoms with Gasteiger partial charge in [-0.2, -0.15) is 0 Å². The van der Waals surface area contributed by atoms with Crippen LogP contribution in [0.15, 0.2) is 0 Å². The number of piperazine rings is 1. The van der Waals surface area contributed by atoms with Crippen LogP contribution in [0.1, 0.15) is 26.7 Å². The van der Waals surface area contributed by atoms with E-state index in [-0.39, 0.29) is 12.0 Å². The van der Waals surface area contributed by atoms with E-state index in [1.54, 1.807) is 0 Å². The average Bonchev–Trinajstić information content (AvgIpc) is 2.41. The molecule has 0 saturated carbocycles. The summed E-state index contributed by atoms with van der Waals surface area (Å²) in [7, 11) is 0. The second-order valence-corrected chi connectivity index (χ2v) is 6.02. The number of hydrogen-bond donors (Lipinski definition) is 2. The van der Waals surface area contributed by atoms with Gasteiger partial charge in [0.15, 0.2) is 0 Å². The summed E-state index contributed by atoms with van der Waals surface area (Å²) in [6.07, 6.45) is 1.83. The topological polar surface area (TPSA) is 55.8 Å². The highest BCUT2D eigenvalue weighted by atomic mass is 16.3. The summed E-state index contributed by atoms with van der Waals surface area (Å²) in [5.41, 5.74) is 0. The molecule has 0 aromatic heterocycles. The molecular weight excluding hydrogens is 242 g/mol. The second-order valence-electron chi connectivity index (χ2n) is 6.02. The van der Waals surface area contributed by atoms with Gasteiger partial charge in [0, 0.05) is 38.8 Å². The highest BCUT2D eigenvalue weighted by molar-refractivity contribution is 5.79. The van der Waals surface area contributed by atoms with Crippen LogP contribution in [0.2, 0.25) is 0 Å². The zero-order chi connectivity index (χ0) is 13.8. The van der Waals surface area contributed by atoms with Crippen molar-refractivity contribution in [3.8, 4) is 0 Å². The molecule has 0 aromatic carbocycles. The quantitative estimate of drug-likeness (QED) is 0.751. The number of aliphatic hydroxyl groups is 1. The van der Waals surface area contributed by atoms with Crippen LogP contribution in [0.5, 0.6) is 0 Å². The number of amides is 1. The first-order valence-electron chi connectivity index (χ1n) is 7.49. The summed E-state index contributed by atoms with van der Waals surface area (Å²) < 4.78 is 0. The van der Waals surface area contributed by atoms with Gasteiger partial charge in [-0.25, -0.2) is 0 Å². The Balaban J connectivity index is 1.85. The van der Waals surface area contributed by atoms with Gasteiger partial charge in [0.25, 0.3) is 0 Å². The summed E-state index contributed by atoms with van der Waals surface area (Å²) in [5, 5.41) is 12.8. The molecule has 2 saturated heterocycles. The Labute approximate surface area is 115 Å². The minimum absolute atomic E-state index is 0.171. The largest absolute Gasteiger partial charge is 0.392 e. The molecule has 110 valence electrons. The van der Waals surface area contributed by atoms with Crippen molar-refractivity contribution in [1.82, 2.24) is 15.1 Å². The van der Waals surface area contributed by atoms with Gasteiger partial charge in [-0.3, -0.25) is 9.69 Å². The zero-order valence-electron chi connectivity index (χ0n) is 12.1. The maximum absolute atomic E-state index is 12.4. The number of hydrogen-bond acceptors (Lipinski definition) is 4. The average molecular weight is 269 g/mol. The van der Waals surface area contributed by atoms with E-state index in [0.29, 0.717) is 18.5 Å². The lowest BCUT2D eigenvalue weighted by Gasteiger charge is -2.41. The molecule has 5 heteroatoms. The van der Waals surface area contributed by atoms with Crippen LogP contribution in [0.25, 0.3) is 0 Å². The summed E-state index contributed by atoms with van der Waals surface area (Å²) in [5.74, 6) is 0.486. The Morgan fingerprint density at radius 1 is 1.47 bits per heavy atom. The van der Waals surface area contributed by atoms with Crippen LogP contribution >= 0.6 is 0 Å². The van der Waals surface area contributed by atoms with Crippen LogP contribution in [0.4, 0.5) is 0 Å². The maximum Gasteiger partial charge on any atom is 0.227 e. The van der Waals surface area contributed by atoms with Gasteiger partial charge in [0.1, 0.15) is 0 Å². The highest BCUT2D eigenvalue weighted by Gasteiger charge is 2.31. The first-order valence-corrected chi connectivity index (χ1v) is 7.49. The van der Waals surface area contributed by atoms with Crippen molar-refractivity contribution in [1.29, 1.82) is 0 Å². The Morgan fingerprint density at radius 3 is 2.84 bits per heavy atom. The number of nitrogens with one attached hydrogen (secondary N) is 1. The number of carbonyl (C=O) groups is 1. The minimum atomic E-state index is -0.299. The van der Waals surface area contributed by atoms with Crippen molar-refractivity contribution < 1.29 is 9.90 Å². The Kier molecular flexibility index (Phi) is 5.19. The van der Waals surface area contributed by atoms with E-state index in [4.69, 9.17) is 0 Å². The van der Waals surface area contributed by atoms with E-state index < -0.39 is 0 Å². The molecule has 2 rings (SSSR count). The molecule has 5 nitrogen and oxygen atoms in total.